The molecule has 2 aromatic rings. The fraction of sp³-hybridized carbons (Fsp3) is 0.176. The number of aliphatic hydroxyl groups is 1. The maximum Gasteiger partial charge on any atom is 0.149 e. The molecule has 96 valence electrons. The Labute approximate surface area is 113 Å². The molecule has 0 aromatic heterocycles. The first-order valence-electron chi connectivity index (χ1n) is 6.50. The standard InChI is InChI=1S/C17H16O2/c18-11-12-19-17-15-7-3-1-5-13(15)9-10-14-6-2-4-8-16(14)17/h1-8,11-12,17-18H,9-10H2. The van der Waals surface area contributed by atoms with Crippen LogP contribution in [0.3, 0.4) is 0 Å². The number of hydrogen-bond acceptors (Lipinski definition) is 2. The highest BCUT2D eigenvalue weighted by Gasteiger charge is 2.23. The quantitative estimate of drug-likeness (QED) is 0.821. The van der Waals surface area contributed by atoms with Gasteiger partial charge in [0.15, 0.2) is 0 Å². The van der Waals surface area contributed by atoms with Crippen molar-refractivity contribution in [2.45, 2.75) is 18.9 Å². The molecule has 0 saturated heterocycles. The van der Waals surface area contributed by atoms with E-state index in [0.717, 1.165) is 19.1 Å². The number of benzene rings is 2. The molecule has 2 heteroatoms. The van der Waals surface area contributed by atoms with Gasteiger partial charge in [-0.25, -0.2) is 0 Å². The molecule has 0 heterocycles. The van der Waals surface area contributed by atoms with E-state index in [1.165, 1.54) is 28.5 Å². The molecule has 0 fully saturated rings. The molecule has 1 aliphatic carbocycles. The first-order chi connectivity index (χ1) is 9.40. The van der Waals surface area contributed by atoms with Gasteiger partial charge in [0, 0.05) is 11.1 Å². The van der Waals surface area contributed by atoms with E-state index in [1.54, 1.807) is 0 Å². The highest BCUT2D eigenvalue weighted by molar-refractivity contribution is 5.43. The molecule has 3 rings (SSSR count). The summed E-state index contributed by atoms with van der Waals surface area (Å²) in [7, 11) is 0. The fourth-order valence-corrected chi connectivity index (χ4v) is 2.73. The summed E-state index contributed by atoms with van der Waals surface area (Å²) in [5, 5.41) is 8.86. The van der Waals surface area contributed by atoms with Crippen molar-refractivity contribution in [3.8, 4) is 0 Å². The number of ether oxygens (including phenoxy) is 1. The lowest BCUT2D eigenvalue weighted by Crippen LogP contribution is -2.05. The number of rotatable bonds is 2. The van der Waals surface area contributed by atoms with Gasteiger partial charge in [0.05, 0.1) is 0 Å². The van der Waals surface area contributed by atoms with Crippen LogP contribution in [0, 0.1) is 0 Å². The van der Waals surface area contributed by atoms with Gasteiger partial charge >= 0.3 is 0 Å². The molecule has 0 bridgehead atoms. The Morgan fingerprint density at radius 2 is 1.42 bits per heavy atom. The Bertz CT molecular complexity index is 554. The molecular formula is C17H16O2. The van der Waals surface area contributed by atoms with Crippen LogP contribution < -0.4 is 0 Å². The second-order valence-corrected chi connectivity index (χ2v) is 4.70. The summed E-state index contributed by atoms with van der Waals surface area (Å²) in [5.41, 5.74) is 5.00. The second kappa shape index (κ2) is 5.19. The molecule has 19 heavy (non-hydrogen) atoms. The zero-order valence-corrected chi connectivity index (χ0v) is 10.6. The van der Waals surface area contributed by atoms with Crippen molar-refractivity contribution >= 4 is 0 Å². The summed E-state index contributed by atoms with van der Waals surface area (Å²) in [4.78, 5) is 0. The van der Waals surface area contributed by atoms with Gasteiger partial charge in [0.1, 0.15) is 18.6 Å². The van der Waals surface area contributed by atoms with Gasteiger partial charge in [-0.2, -0.15) is 0 Å². The van der Waals surface area contributed by atoms with Gasteiger partial charge < -0.3 is 9.84 Å². The number of hydrogen-bond donors (Lipinski definition) is 1. The molecule has 2 nitrogen and oxygen atoms in total. The Morgan fingerprint density at radius 1 is 0.895 bits per heavy atom. The highest BCUT2D eigenvalue weighted by Crippen LogP contribution is 2.35. The maximum atomic E-state index is 8.86. The van der Waals surface area contributed by atoms with Crippen LogP contribution in [0.15, 0.2) is 61.1 Å². The lowest BCUT2D eigenvalue weighted by atomic mass is 9.97. The van der Waals surface area contributed by atoms with Crippen LogP contribution in [-0.4, -0.2) is 5.11 Å². The van der Waals surface area contributed by atoms with Crippen LogP contribution in [0.2, 0.25) is 0 Å². The van der Waals surface area contributed by atoms with E-state index in [4.69, 9.17) is 9.84 Å². The van der Waals surface area contributed by atoms with Crippen LogP contribution in [-0.2, 0) is 17.6 Å². The van der Waals surface area contributed by atoms with E-state index in [0.29, 0.717) is 0 Å². The first-order valence-corrected chi connectivity index (χ1v) is 6.50. The normalized spacial score (nSPS) is 14.7. The smallest absolute Gasteiger partial charge is 0.149 e. The Balaban J connectivity index is 2.13. The van der Waals surface area contributed by atoms with E-state index in [9.17, 15) is 0 Å². The second-order valence-electron chi connectivity index (χ2n) is 4.70. The van der Waals surface area contributed by atoms with Crippen molar-refractivity contribution in [2.75, 3.05) is 0 Å². The molecule has 2 aromatic carbocycles. The molecule has 0 radical (unpaired) electrons. The van der Waals surface area contributed by atoms with Gasteiger partial charge in [-0.3, -0.25) is 0 Å². The molecule has 1 aliphatic rings. The van der Waals surface area contributed by atoms with E-state index in [-0.39, 0.29) is 6.10 Å². The predicted octanol–water partition coefficient (Wildman–Crippen LogP) is 3.92. The molecule has 0 unspecified atom stereocenters. The van der Waals surface area contributed by atoms with Crippen LogP contribution >= 0.6 is 0 Å². The number of fused-ring (bicyclic) bond motifs is 2. The predicted molar refractivity (Wildman–Crippen MR) is 75.0 cm³/mol. The van der Waals surface area contributed by atoms with E-state index in [2.05, 4.69) is 36.4 Å². The average molecular weight is 252 g/mol. The SMILES string of the molecule is OC=COC1c2ccccc2CCc2ccccc21. The zero-order chi connectivity index (χ0) is 13.1. The van der Waals surface area contributed by atoms with Crippen LogP contribution in [0.1, 0.15) is 28.4 Å². The van der Waals surface area contributed by atoms with Gasteiger partial charge in [0.25, 0.3) is 0 Å². The fourth-order valence-electron chi connectivity index (χ4n) is 2.73. The maximum absolute atomic E-state index is 8.86. The van der Waals surface area contributed by atoms with Gasteiger partial charge in [-0.15, -0.1) is 0 Å². The van der Waals surface area contributed by atoms with Crippen molar-refractivity contribution < 1.29 is 9.84 Å². The van der Waals surface area contributed by atoms with Gasteiger partial charge in [-0.05, 0) is 24.0 Å². The van der Waals surface area contributed by atoms with E-state index in [1.807, 2.05) is 12.1 Å². The minimum Gasteiger partial charge on any atom is -0.512 e. The van der Waals surface area contributed by atoms with Crippen molar-refractivity contribution in [1.29, 1.82) is 0 Å². The monoisotopic (exact) mass is 252 g/mol. The largest absolute Gasteiger partial charge is 0.512 e. The van der Waals surface area contributed by atoms with Gasteiger partial charge in [-0.1, -0.05) is 48.5 Å². The third-order valence-electron chi connectivity index (χ3n) is 3.61. The lowest BCUT2D eigenvalue weighted by Gasteiger charge is -2.19. The van der Waals surface area contributed by atoms with Crippen molar-refractivity contribution in [3.63, 3.8) is 0 Å². The molecule has 0 amide bonds. The molecule has 1 N–H and O–H groups in total. The highest BCUT2D eigenvalue weighted by atomic mass is 16.5. The Kier molecular flexibility index (Phi) is 3.23. The van der Waals surface area contributed by atoms with Crippen molar-refractivity contribution in [3.05, 3.63) is 83.3 Å². The van der Waals surface area contributed by atoms with E-state index < -0.39 is 0 Å². The van der Waals surface area contributed by atoms with Crippen LogP contribution in [0.4, 0.5) is 0 Å². The number of aliphatic hydroxyl groups excluding tert-OH is 1. The zero-order valence-electron chi connectivity index (χ0n) is 10.6. The van der Waals surface area contributed by atoms with Gasteiger partial charge in [0.2, 0.25) is 0 Å². The third kappa shape index (κ3) is 2.22. The van der Waals surface area contributed by atoms with Crippen LogP contribution in [0.25, 0.3) is 0 Å². The van der Waals surface area contributed by atoms with E-state index >= 15 is 0 Å². The molecule has 0 saturated carbocycles. The summed E-state index contributed by atoms with van der Waals surface area (Å²) in [6.07, 6.45) is 4.20. The topological polar surface area (TPSA) is 29.5 Å². The minimum atomic E-state index is -0.140. The lowest BCUT2D eigenvalue weighted by molar-refractivity contribution is 0.175. The molecule has 0 spiro atoms. The Hall–Kier alpha value is -2.22. The van der Waals surface area contributed by atoms with Crippen molar-refractivity contribution in [1.82, 2.24) is 0 Å². The molecule has 0 aliphatic heterocycles. The summed E-state index contributed by atoms with van der Waals surface area (Å²) >= 11 is 0. The average Bonchev–Trinajstić information content (AvgIpc) is 2.62. The summed E-state index contributed by atoms with van der Waals surface area (Å²) < 4.78 is 5.73. The summed E-state index contributed by atoms with van der Waals surface area (Å²) in [6.45, 7) is 0. The summed E-state index contributed by atoms with van der Waals surface area (Å²) in [6, 6.07) is 16.7. The van der Waals surface area contributed by atoms with Crippen molar-refractivity contribution in [2.24, 2.45) is 0 Å². The first kappa shape index (κ1) is 11.8. The third-order valence-corrected chi connectivity index (χ3v) is 3.61. The number of aryl methyl sites for hydroxylation is 2. The molecular weight excluding hydrogens is 236 g/mol. The summed E-state index contributed by atoms with van der Waals surface area (Å²) in [5.74, 6) is 0. The minimum absolute atomic E-state index is 0.140. The van der Waals surface area contributed by atoms with Crippen LogP contribution in [0.5, 0.6) is 0 Å². The Morgan fingerprint density at radius 3 is 1.95 bits per heavy atom. The molecule has 0 atom stereocenters.